The van der Waals surface area contributed by atoms with Crippen LogP contribution in [0.4, 0.5) is 28.4 Å². The number of rotatable bonds is 9. The van der Waals surface area contributed by atoms with Crippen LogP contribution in [0.25, 0.3) is 11.1 Å². The minimum Gasteiger partial charge on any atom is -0.338 e. The maximum atomic E-state index is 2.50. The molecule has 0 aliphatic carbocycles. The molecule has 4 heteroatoms. The van der Waals surface area contributed by atoms with E-state index in [1.54, 1.807) is 0 Å². The first kappa shape index (κ1) is 33.7. The van der Waals surface area contributed by atoms with Crippen LogP contribution in [0.5, 0.6) is 0 Å². The van der Waals surface area contributed by atoms with Crippen molar-refractivity contribution in [2.75, 3.05) is 16.3 Å². The molecule has 4 nitrogen and oxygen atoms in total. The van der Waals surface area contributed by atoms with E-state index in [-0.39, 0.29) is 22.3 Å². The van der Waals surface area contributed by atoms with E-state index in [4.69, 9.17) is 0 Å². The minimum absolute atomic E-state index is 0. The molecular weight excluding hydrogens is 560 g/mol. The van der Waals surface area contributed by atoms with Crippen LogP contribution < -0.4 is 18.9 Å². The van der Waals surface area contributed by atoms with Crippen molar-refractivity contribution in [1.29, 1.82) is 0 Å². The van der Waals surface area contributed by atoms with Crippen molar-refractivity contribution in [3.05, 3.63) is 164 Å². The zero-order valence-corrected chi connectivity index (χ0v) is 24.3. The van der Waals surface area contributed by atoms with Crippen LogP contribution in [-0.2, 0) is 13.1 Å². The highest BCUT2D eigenvalue weighted by Crippen LogP contribution is 2.51. The lowest BCUT2D eigenvalue weighted by atomic mass is 10.1. The molecule has 2 aromatic heterocycles. The largest absolute Gasteiger partial charge is 0.338 e. The van der Waals surface area contributed by atoms with Gasteiger partial charge in [-0.15, -0.1) is 0 Å². The Kier molecular flexibility index (Phi) is 11.5. The fourth-order valence-electron chi connectivity index (χ4n) is 6.03. The average molecular weight is 609 g/mol. The zero-order chi connectivity index (χ0) is 28.8. The lowest BCUT2D eigenvalue weighted by molar-refractivity contribution is -0.697. The van der Waals surface area contributed by atoms with Crippen LogP contribution in [0.15, 0.2) is 158 Å². The Balaban J connectivity index is 0.00000160. The number of benzene rings is 4. The summed E-state index contributed by atoms with van der Waals surface area (Å²) in [7, 11) is 0. The second-order valence-electron chi connectivity index (χ2n) is 11.1. The lowest BCUT2D eigenvalue weighted by Gasteiger charge is -2.40. The van der Waals surface area contributed by atoms with Crippen molar-refractivity contribution < 1.29 is 9.13 Å². The second-order valence-corrected chi connectivity index (χ2v) is 11.1. The predicted molar refractivity (Wildman–Crippen MR) is 195 cm³/mol. The van der Waals surface area contributed by atoms with Crippen molar-refractivity contribution in [2.45, 2.75) is 48.2 Å². The number of para-hydroxylation sites is 5. The maximum absolute atomic E-state index is 2.50. The molecule has 0 bridgehead atoms. The third-order valence-corrected chi connectivity index (χ3v) is 8.21. The summed E-state index contributed by atoms with van der Waals surface area (Å²) in [4.78, 5) is 4.88. The fraction of sp³-hybridized carbons (Fsp3) is 0.190. The summed E-state index contributed by atoms with van der Waals surface area (Å²) in [5.74, 6) is 0. The average Bonchev–Trinajstić information content (AvgIpc) is 3.08. The highest BCUT2D eigenvalue weighted by molar-refractivity contribution is 5.97. The fourth-order valence-corrected chi connectivity index (χ4v) is 6.03. The van der Waals surface area contributed by atoms with Gasteiger partial charge in [0.15, 0.2) is 31.3 Å². The smallest absolute Gasteiger partial charge is 0.173 e. The van der Waals surface area contributed by atoms with E-state index in [9.17, 15) is 0 Å². The van der Waals surface area contributed by atoms with E-state index in [0.29, 0.717) is 0 Å². The number of fused-ring (bicyclic) bond motifs is 2. The molecule has 0 atom stereocenters. The molecule has 0 unspecified atom stereocenters. The van der Waals surface area contributed by atoms with Crippen molar-refractivity contribution in [3.63, 3.8) is 0 Å². The van der Waals surface area contributed by atoms with E-state index < -0.39 is 0 Å². The number of pyridine rings is 2. The van der Waals surface area contributed by atoms with E-state index in [1.165, 1.54) is 45.1 Å². The zero-order valence-electron chi connectivity index (χ0n) is 24.3. The Morgan fingerprint density at radius 1 is 0.435 bits per heavy atom. The number of unbranched alkanes of at least 4 members (excludes halogenated alkanes) is 1. The van der Waals surface area contributed by atoms with Gasteiger partial charge in [-0.2, -0.15) is 0 Å². The minimum atomic E-state index is 0. The maximum Gasteiger partial charge on any atom is 0.173 e. The molecule has 0 fully saturated rings. The summed E-state index contributed by atoms with van der Waals surface area (Å²) in [6, 6.07) is 47.7. The predicted octanol–water partition coefficient (Wildman–Crippen LogP) is 10.3. The molecule has 0 radical (unpaired) electrons. The number of anilines is 5. The highest BCUT2D eigenvalue weighted by atomic mass is 15.3. The van der Waals surface area contributed by atoms with Gasteiger partial charge in [-0.3, -0.25) is 0 Å². The van der Waals surface area contributed by atoms with E-state index in [0.717, 1.165) is 32.5 Å². The second kappa shape index (κ2) is 15.7. The van der Waals surface area contributed by atoms with Crippen LogP contribution in [0.3, 0.4) is 0 Å². The van der Waals surface area contributed by atoms with Gasteiger partial charge in [-0.25, -0.2) is 9.13 Å². The number of aromatic nitrogens is 2. The SMILES string of the molecule is C.C.C.c1ccc(C[n+]2ccc(-c3cc[n+](CCCCN4c5ccccc5N(c5ccccc5)c5ccccc54)cc3)cc2)cc1. The molecular formula is C42H48N4+2. The molecule has 1 aliphatic rings. The molecule has 0 spiro atoms. The molecule has 46 heavy (non-hydrogen) atoms. The Morgan fingerprint density at radius 3 is 1.43 bits per heavy atom. The standard InChI is InChI=1S/C39H36N4.3CH4/c1-3-13-32(14-4-1)31-41-29-23-34(24-30-41)33-21-27-40(28-22-33)25-11-12-26-42-36-17-7-9-19-38(36)43(35-15-5-2-6-16-35)39-20-10-8-18-37(39)42;;;/h1-10,13-24,27-30H,11-12,25-26,31H2;3*1H4/q+2;;;. The number of aryl methyl sites for hydroxylation is 1. The third-order valence-electron chi connectivity index (χ3n) is 8.21. The lowest BCUT2D eigenvalue weighted by Crippen LogP contribution is -2.33. The molecule has 0 N–H and O–H groups in total. The van der Waals surface area contributed by atoms with Gasteiger partial charge in [-0.05, 0) is 53.9 Å². The summed E-state index contributed by atoms with van der Waals surface area (Å²) >= 11 is 0. The first-order chi connectivity index (χ1) is 21.3. The van der Waals surface area contributed by atoms with Gasteiger partial charge in [0, 0.05) is 48.5 Å². The summed E-state index contributed by atoms with van der Waals surface area (Å²) in [6.07, 6.45) is 11.0. The first-order valence-corrected chi connectivity index (χ1v) is 15.2. The monoisotopic (exact) mass is 608 g/mol. The summed E-state index contributed by atoms with van der Waals surface area (Å²) < 4.78 is 4.53. The number of hydrogen-bond acceptors (Lipinski definition) is 2. The molecule has 0 amide bonds. The van der Waals surface area contributed by atoms with Crippen molar-refractivity contribution >= 4 is 28.4 Å². The van der Waals surface area contributed by atoms with Gasteiger partial charge in [0.1, 0.15) is 6.54 Å². The Labute approximate surface area is 276 Å². The molecule has 4 aromatic carbocycles. The third kappa shape index (κ3) is 7.18. The molecule has 6 aromatic rings. The Bertz CT molecular complexity index is 1740. The summed E-state index contributed by atoms with van der Waals surface area (Å²) in [5, 5.41) is 0. The molecule has 7 rings (SSSR count). The van der Waals surface area contributed by atoms with Gasteiger partial charge >= 0.3 is 0 Å². The number of nitrogens with zero attached hydrogens (tertiary/aromatic N) is 4. The molecule has 0 saturated heterocycles. The van der Waals surface area contributed by atoms with Crippen molar-refractivity contribution in [2.24, 2.45) is 0 Å². The van der Waals surface area contributed by atoms with Crippen molar-refractivity contribution in [3.8, 4) is 11.1 Å². The summed E-state index contributed by atoms with van der Waals surface area (Å²) in [5.41, 5.74) is 9.95. The van der Waals surface area contributed by atoms with Crippen LogP contribution in [-0.4, -0.2) is 6.54 Å². The Morgan fingerprint density at radius 2 is 0.891 bits per heavy atom. The van der Waals surface area contributed by atoms with Crippen LogP contribution in [0.2, 0.25) is 0 Å². The molecule has 0 saturated carbocycles. The summed E-state index contributed by atoms with van der Waals surface area (Å²) in [6.45, 7) is 2.86. The Hall–Kier alpha value is -5.22. The molecule has 1 aliphatic heterocycles. The topological polar surface area (TPSA) is 14.2 Å². The van der Waals surface area contributed by atoms with Gasteiger partial charge in [0.2, 0.25) is 0 Å². The van der Waals surface area contributed by atoms with Gasteiger partial charge in [0.25, 0.3) is 0 Å². The normalized spacial score (nSPS) is 11.3. The quantitative estimate of drug-likeness (QED) is 0.120. The van der Waals surface area contributed by atoms with Gasteiger partial charge in [0.05, 0.1) is 22.7 Å². The van der Waals surface area contributed by atoms with E-state index in [2.05, 4.69) is 177 Å². The highest BCUT2D eigenvalue weighted by Gasteiger charge is 2.28. The van der Waals surface area contributed by atoms with E-state index >= 15 is 0 Å². The number of hydrogen-bond donors (Lipinski definition) is 0. The molecule has 234 valence electrons. The van der Waals surface area contributed by atoms with Crippen LogP contribution in [0.1, 0.15) is 40.7 Å². The van der Waals surface area contributed by atoms with Crippen molar-refractivity contribution in [1.82, 2.24) is 0 Å². The van der Waals surface area contributed by atoms with Crippen LogP contribution in [0, 0.1) is 0 Å². The van der Waals surface area contributed by atoms with Gasteiger partial charge < -0.3 is 9.80 Å². The van der Waals surface area contributed by atoms with Crippen LogP contribution >= 0.6 is 0 Å². The molecule has 3 heterocycles. The van der Waals surface area contributed by atoms with E-state index in [1.807, 2.05) is 0 Å². The van der Waals surface area contributed by atoms with Gasteiger partial charge in [-0.1, -0.05) is 95.1 Å². The first-order valence-electron chi connectivity index (χ1n) is 15.2.